The van der Waals surface area contributed by atoms with Gasteiger partial charge in [0.1, 0.15) is 0 Å². The summed E-state index contributed by atoms with van der Waals surface area (Å²) < 4.78 is 0. The molecule has 0 radical (unpaired) electrons. The van der Waals surface area contributed by atoms with Crippen molar-refractivity contribution in [3.63, 3.8) is 0 Å². The molecule has 3 N–H and O–H groups in total. The van der Waals surface area contributed by atoms with Gasteiger partial charge in [0, 0.05) is 6.54 Å². The van der Waals surface area contributed by atoms with Crippen molar-refractivity contribution in [2.24, 2.45) is 5.73 Å². The third kappa shape index (κ3) is 5.26. The van der Waals surface area contributed by atoms with E-state index in [2.05, 4.69) is 23.4 Å². The van der Waals surface area contributed by atoms with Crippen LogP contribution in [0.3, 0.4) is 0 Å². The van der Waals surface area contributed by atoms with E-state index in [9.17, 15) is 4.79 Å². The molecule has 3 nitrogen and oxygen atoms in total. The van der Waals surface area contributed by atoms with Crippen molar-refractivity contribution in [1.82, 2.24) is 5.32 Å². The second-order valence-corrected chi connectivity index (χ2v) is 5.34. The number of hydrogen-bond donors (Lipinski definition) is 2. The first kappa shape index (κ1) is 14.1. The highest BCUT2D eigenvalue weighted by atomic mass is 32.2. The number of nitrogens with one attached hydrogen (secondary N) is 1. The van der Waals surface area contributed by atoms with Crippen LogP contribution in [0.1, 0.15) is 21.0 Å². The summed E-state index contributed by atoms with van der Waals surface area (Å²) in [5, 5.41) is 2.89. The highest BCUT2D eigenvalue weighted by molar-refractivity contribution is 7.98. The smallest absolute Gasteiger partial charge is 0.261 e. The summed E-state index contributed by atoms with van der Waals surface area (Å²) in [6, 6.07) is 3.65. The third-order valence-corrected chi connectivity index (χ3v) is 3.65. The molecule has 0 spiro atoms. The van der Waals surface area contributed by atoms with Gasteiger partial charge in [0.25, 0.3) is 5.91 Å². The van der Waals surface area contributed by atoms with E-state index in [1.807, 2.05) is 6.07 Å². The zero-order chi connectivity index (χ0) is 12.5. The maximum absolute atomic E-state index is 11.7. The molecule has 0 aromatic carbocycles. The molecule has 0 aliphatic rings. The normalized spacial score (nSPS) is 9.53. The first-order valence-corrected chi connectivity index (χ1v) is 7.55. The van der Waals surface area contributed by atoms with Crippen LogP contribution in [0.15, 0.2) is 12.1 Å². The van der Waals surface area contributed by atoms with E-state index >= 15 is 0 Å². The van der Waals surface area contributed by atoms with Crippen LogP contribution in [0.25, 0.3) is 0 Å². The number of carbonyl (C=O) groups is 1. The minimum atomic E-state index is -0.0168. The first-order valence-electron chi connectivity index (χ1n) is 5.34. The van der Waals surface area contributed by atoms with Crippen molar-refractivity contribution in [3.05, 3.63) is 21.9 Å². The summed E-state index contributed by atoms with van der Waals surface area (Å²) in [5.41, 5.74) is 5.29. The third-order valence-electron chi connectivity index (χ3n) is 1.95. The lowest BCUT2D eigenvalue weighted by Crippen LogP contribution is -2.23. The van der Waals surface area contributed by atoms with Gasteiger partial charge >= 0.3 is 0 Å². The zero-order valence-electron chi connectivity index (χ0n) is 9.79. The lowest BCUT2D eigenvalue weighted by molar-refractivity contribution is 0.0958. The Labute approximate surface area is 110 Å². The predicted molar refractivity (Wildman–Crippen MR) is 75.6 cm³/mol. The van der Waals surface area contributed by atoms with Gasteiger partial charge < -0.3 is 11.1 Å². The average Bonchev–Trinajstić information content (AvgIpc) is 2.80. The van der Waals surface area contributed by atoms with Crippen LogP contribution >= 0.6 is 23.1 Å². The summed E-state index contributed by atoms with van der Waals surface area (Å²) in [6.07, 6.45) is 3.06. The molecule has 0 fully saturated rings. The van der Waals surface area contributed by atoms with Gasteiger partial charge in [-0.3, -0.25) is 4.79 Å². The highest BCUT2D eigenvalue weighted by Crippen LogP contribution is 2.15. The van der Waals surface area contributed by atoms with Crippen LogP contribution in [-0.2, 0) is 0 Å². The van der Waals surface area contributed by atoms with Crippen LogP contribution in [0.5, 0.6) is 0 Å². The van der Waals surface area contributed by atoms with Crippen LogP contribution < -0.4 is 11.1 Å². The zero-order valence-corrected chi connectivity index (χ0v) is 11.4. The number of hydrogen-bond acceptors (Lipinski definition) is 4. The summed E-state index contributed by atoms with van der Waals surface area (Å²) in [4.78, 5) is 13.3. The number of rotatable bonds is 5. The van der Waals surface area contributed by atoms with Gasteiger partial charge in [-0.15, -0.1) is 11.3 Å². The standard InChI is InChI=1S/C12H16N2OS2/c1-16-9-3-8-14-12(15)11-6-5-10(17-11)4-2-7-13/h5-6H,3,7-9,13H2,1H3,(H,14,15). The van der Waals surface area contributed by atoms with Crippen molar-refractivity contribution in [2.75, 3.05) is 25.1 Å². The molecule has 1 amide bonds. The SMILES string of the molecule is CSCCCNC(=O)c1ccc(C#CCN)s1. The molecule has 0 atom stereocenters. The molecule has 92 valence electrons. The number of thiophene rings is 1. The largest absolute Gasteiger partial charge is 0.351 e. The van der Waals surface area contributed by atoms with Crippen molar-refractivity contribution in [3.8, 4) is 11.8 Å². The minimum absolute atomic E-state index is 0.0168. The number of nitrogens with two attached hydrogens (primary N) is 1. The number of thioether (sulfide) groups is 1. The van der Waals surface area contributed by atoms with E-state index in [1.54, 1.807) is 17.8 Å². The molecule has 1 aromatic heterocycles. The van der Waals surface area contributed by atoms with E-state index in [0.717, 1.165) is 23.6 Å². The van der Waals surface area contributed by atoms with Crippen LogP contribution in [0.4, 0.5) is 0 Å². The second-order valence-electron chi connectivity index (χ2n) is 3.27. The van der Waals surface area contributed by atoms with Crippen LogP contribution in [0, 0.1) is 11.8 Å². The molecule has 0 unspecified atom stereocenters. The summed E-state index contributed by atoms with van der Waals surface area (Å²) in [6.45, 7) is 1.06. The van der Waals surface area contributed by atoms with Gasteiger partial charge in [0.05, 0.1) is 16.3 Å². The van der Waals surface area contributed by atoms with Gasteiger partial charge in [0.15, 0.2) is 0 Å². The molecule has 0 aliphatic heterocycles. The molecule has 0 saturated heterocycles. The topological polar surface area (TPSA) is 55.1 Å². The Morgan fingerprint density at radius 1 is 1.59 bits per heavy atom. The Balaban J connectivity index is 2.43. The summed E-state index contributed by atoms with van der Waals surface area (Å²) in [7, 11) is 0. The van der Waals surface area contributed by atoms with Gasteiger partial charge in [-0.25, -0.2) is 0 Å². The molecule has 0 saturated carbocycles. The Morgan fingerprint density at radius 2 is 2.41 bits per heavy atom. The number of carbonyl (C=O) groups excluding carboxylic acids is 1. The molecule has 5 heteroatoms. The second kappa shape index (κ2) is 8.18. The van der Waals surface area contributed by atoms with Crippen molar-refractivity contribution in [2.45, 2.75) is 6.42 Å². The van der Waals surface area contributed by atoms with E-state index in [-0.39, 0.29) is 5.91 Å². The fraction of sp³-hybridized carbons (Fsp3) is 0.417. The fourth-order valence-electron chi connectivity index (χ4n) is 1.17. The molecule has 1 rings (SSSR count). The van der Waals surface area contributed by atoms with E-state index in [1.165, 1.54) is 11.3 Å². The first-order chi connectivity index (χ1) is 8.27. The van der Waals surface area contributed by atoms with E-state index in [4.69, 9.17) is 5.73 Å². The summed E-state index contributed by atoms with van der Waals surface area (Å²) in [5.74, 6) is 6.74. The van der Waals surface area contributed by atoms with Crippen LogP contribution in [0.2, 0.25) is 0 Å². The average molecular weight is 268 g/mol. The quantitative estimate of drug-likeness (QED) is 0.629. The summed E-state index contributed by atoms with van der Waals surface area (Å²) >= 11 is 3.18. The maximum atomic E-state index is 11.7. The van der Waals surface area contributed by atoms with Gasteiger partial charge in [0.2, 0.25) is 0 Å². The van der Waals surface area contributed by atoms with Crippen molar-refractivity contribution in [1.29, 1.82) is 0 Å². The predicted octanol–water partition coefficient (Wildman–Crippen LogP) is 1.54. The lowest BCUT2D eigenvalue weighted by atomic mass is 10.4. The van der Waals surface area contributed by atoms with Gasteiger partial charge in [-0.2, -0.15) is 11.8 Å². The molecular formula is C12H16N2OS2. The van der Waals surface area contributed by atoms with E-state index < -0.39 is 0 Å². The Bertz CT molecular complexity index is 418. The van der Waals surface area contributed by atoms with Crippen molar-refractivity contribution >= 4 is 29.0 Å². The number of amides is 1. The van der Waals surface area contributed by atoms with E-state index in [0.29, 0.717) is 11.4 Å². The van der Waals surface area contributed by atoms with Gasteiger partial charge in [-0.05, 0) is 30.6 Å². The minimum Gasteiger partial charge on any atom is -0.351 e. The van der Waals surface area contributed by atoms with Gasteiger partial charge in [-0.1, -0.05) is 11.8 Å². The highest BCUT2D eigenvalue weighted by Gasteiger charge is 2.07. The Morgan fingerprint density at radius 3 is 3.12 bits per heavy atom. The molecule has 0 aliphatic carbocycles. The fourth-order valence-corrected chi connectivity index (χ4v) is 2.40. The molecule has 1 aromatic rings. The molecule has 1 heterocycles. The van der Waals surface area contributed by atoms with Crippen LogP contribution in [-0.4, -0.2) is 31.0 Å². The molecule has 0 bridgehead atoms. The molecule has 17 heavy (non-hydrogen) atoms. The molecular weight excluding hydrogens is 252 g/mol. The Hall–Kier alpha value is -0.960. The monoisotopic (exact) mass is 268 g/mol. The Kier molecular flexibility index (Phi) is 6.78. The van der Waals surface area contributed by atoms with Crippen molar-refractivity contribution < 1.29 is 4.79 Å². The lowest BCUT2D eigenvalue weighted by Gasteiger charge is -2.01. The maximum Gasteiger partial charge on any atom is 0.261 e.